The van der Waals surface area contributed by atoms with Crippen molar-refractivity contribution in [3.8, 4) is 5.75 Å². The zero-order chi connectivity index (χ0) is 16.4. The first-order valence-corrected chi connectivity index (χ1v) is 8.67. The van der Waals surface area contributed by atoms with E-state index in [-0.39, 0.29) is 0 Å². The molecule has 4 heteroatoms. The third kappa shape index (κ3) is 3.65. The van der Waals surface area contributed by atoms with Crippen LogP contribution in [-0.2, 0) is 13.0 Å². The van der Waals surface area contributed by atoms with Gasteiger partial charge in [0.25, 0.3) is 0 Å². The van der Waals surface area contributed by atoms with Gasteiger partial charge in [-0.1, -0.05) is 35.3 Å². The molecule has 1 unspecified atom stereocenters. The van der Waals surface area contributed by atoms with Crippen molar-refractivity contribution < 1.29 is 4.74 Å². The van der Waals surface area contributed by atoms with Crippen LogP contribution in [0, 0.1) is 0 Å². The maximum absolute atomic E-state index is 6.49. The highest BCUT2D eigenvalue weighted by atomic mass is 35.5. The second-order valence-corrected chi connectivity index (χ2v) is 7.07. The van der Waals surface area contributed by atoms with Crippen molar-refractivity contribution >= 4 is 23.2 Å². The highest BCUT2D eigenvalue weighted by Crippen LogP contribution is 2.42. The van der Waals surface area contributed by atoms with Crippen LogP contribution in [0.15, 0.2) is 36.4 Å². The maximum Gasteiger partial charge on any atom is 0.123 e. The Morgan fingerprint density at radius 3 is 2.52 bits per heavy atom. The van der Waals surface area contributed by atoms with Crippen molar-refractivity contribution in [2.24, 2.45) is 0 Å². The second-order valence-electron chi connectivity index (χ2n) is 6.22. The lowest BCUT2D eigenvalue weighted by molar-refractivity contribution is 0.260. The molecule has 0 saturated heterocycles. The lowest BCUT2D eigenvalue weighted by atomic mass is 9.86. The van der Waals surface area contributed by atoms with E-state index in [9.17, 15) is 0 Å². The van der Waals surface area contributed by atoms with E-state index in [1.54, 1.807) is 0 Å². The molecule has 1 aliphatic rings. The molecule has 0 aliphatic heterocycles. The summed E-state index contributed by atoms with van der Waals surface area (Å²) in [6.07, 6.45) is 3.32. The molecule has 0 aromatic heterocycles. The largest absolute Gasteiger partial charge is 0.489 e. The number of halogens is 2. The Balaban J connectivity index is 1.86. The molecule has 0 amide bonds. The van der Waals surface area contributed by atoms with Gasteiger partial charge in [0.1, 0.15) is 12.4 Å². The fourth-order valence-corrected chi connectivity index (χ4v) is 3.67. The highest BCUT2D eigenvalue weighted by Gasteiger charge is 2.27. The fourth-order valence-electron chi connectivity index (χ4n) is 3.24. The first kappa shape index (κ1) is 16.6. The maximum atomic E-state index is 6.49. The topological polar surface area (TPSA) is 12.5 Å². The van der Waals surface area contributed by atoms with Crippen LogP contribution in [0.1, 0.15) is 35.6 Å². The molecule has 0 spiro atoms. The van der Waals surface area contributed by atoms with Crippen molar-refractivity contribution in [1.29, 1.82) is 0 Å². The van der Waals surface area contributed by atoms with Crippen molar-refractivity contribution in [2.45, 2.75) is 31.9 Å². The summed E-state index contributed by atoms with van der Waals surface area (Å²) in [5, 5.41) is 1.59. The molecule has 0 fully saturated rings. The summed E-state index contributed by atoms with van der Waals surface area (Å²) in [5.41, 5.74) is 3.60. The average Bonchev–Trinajstić information content (AvgIpc) is 2.55. The predicted molar refractivity (Wildman–Crippen MR) is 96.6 cm³/mol. The summed E-state index contributed by atoms with van der Waals surface area (Å²) in [7, 11) is 4.22. The first-order chi connectivity index (χ1) is 11.1. The Morgan fingerprint density at radius 1 is 1.09 bits per heavy atom. The first-order valence-electron chi connectivity index (χ1n) is 7.91. The normalized spacial score (nSPS) is 17.2. The Morgan fingerprint density at radius 2 is 1.83 bits per heavy atom. The van der Waals surface area contributed by atoms with Crippen LogP contribution in [0.3, 0.4) is 0 Å². The molecule has 2 aromatic rings. The van der Waals surface area contributed by atoms with Gasteiger partial charge in [0.15, 0.2) is 0 Å². The number of hydrogen-bond acceptors (Lipinski definition) is 2. The van der Waals surface area contributed by atoms with E-state index in [0.717, 1.165) is 40.6 Å². The van der Waals surface area contributed by atoms with Gasteiger partial charge in [0.05, 0.1) is 0 Å². The predicted octanol–water partition coefficient (Wildman–Crippen LogP) is 5.51. The summed E-state index contributed by atoms with van der Waals surface area (Å²) < 4.78 is 6.09. The molecule has 0 bridgehead atoms. The standard InChI is InChI=1S/C19H21Cl2NO/c1-22(2)17-5-3-4-15-18(11-10-16(21)19(15)17)23-12-13-6-8-14(20)9-7-13/h6-11,17H,3-5,12H2,1-2H3. The third-order valence-corrected chi connectivity index (χ3v) is 5.01. The molecule has 1 aliphatic carbocycles. The quantitative estimate of drug-likeness (QED) is 0.721. The second kappa shape index (κ2) is 7.12. The smallest absolute Gasteiger partial charge is 0.123 e. The number of ether oxygens (including phenoxy) is 1. The van der Waals surface area contributed by atoms with Gasteiger partial charge in [-0.25, -0.2) is 0 Å². The van der Waals surface area contributed by atoms with Gasteiger partial charge < -0.3 is 9.64 Å². The minimum atomic E-state index is 0.366. The molecular formula is C19H21Cl2NO. The number of benzene rings is 2. The minimum absolute atomic E-state index is 0.366. The van der Waals surface area contributed by atoms with Crippen molar-refractivity contribution in [3.63, 3.8) is 0 Å². The van der Waals surface area contributed by atoms with Crippen LogP contribution >= 0.6 is 23.2 Å². The number of rotatable bonds is 4. The molecular weight excluding hydrogens is 329 g/mol. The van der Waals surface area contributed by atoms with Gasteiger partial charge in [-0.15, -0.1) is 0 Å². The van der Waals surface area contributed by atoms with Crippen molar-refractivity contribution in [1.82, 2.24) is 4.90 Å². The van der Waals surface area contributed by atoms with Crippen LogP contribution < -0.4 is 4.74 Å². The molecule has 3 rings (SSSR count). The fraction of sp³-hybridized carbons (Fsp3) is 0.368. The summed E-state index contributed by atoms with van der Waals surface area (Å²) in [5.74, 6) is 0.950. The van der Waals surface area contributed by atoms with E-state index in [2.05, 4.69) is 19.0 Å². The molecule has 0 heterocycles. The molecule has 0 saturated carbocycles. The summed E-state index contributed by atoms with van der Waals surface area (Å²) >= 11 is 12.4. The van der Waals surface area contributed by atoms with Crippen LogP contribution in [0.25, 0.3) is 0 Å². The van der Waals surface area contributed by atoms with E-state index >= 15 is 0 Å². The molecule has 2 aromatic carbocycles. The van der Waals surface area contributed by atoms with E-state index in [0.29, 0.717) is 12.6 Å². The van der Waals surface area contributed by atoms with Gasteiger partial charge >= 0.3 is 0 Å². The Bertz CT molecular complexity index is 683. The summed E-state index contributed by atoms with van der Waals surface area (Å²) in [6, 6.07) is 12.1. The van der Waals surface area contributed by atoms with E-state index in [4.69, 9.17) is 27.9 Å². The van der Waals surface area contributed by atoms with Crippen LogP contribution in [-0.4, -0.2) is 19.0 Å². The molecule has 1 atom stereocenters. The average molecular weight is 350 g/mol. The van der Waals surface area contributed by atoms with Gasteiger partial charge in [-0.05, 0) is 68.8 Å². The van der Waals surface area contributed by atoms with Crippen LogP contribution in [0.2, 0.25) is 10.0 Å². The highest BCUT2D eigenvalue weighted by molar-refractivity contribution is 6.31. The minimum Gasteiger partial charge on any atom is -0.489 e. The van der Waals surface area contributed by atoms with E-state index in [1.165, 1.54) is 11.1 Å². The van der Waals surface area contributed by atoms with E-state index < -0.39 is 0 Å². The van der Waals surface area contributed by atoms with Gasteiger partial charge in [-0.3, -0.25) is 0 Å². The molecule has 2 nitrogen and oxygen atoms in total. The lowest BCUT2D eigenvalue weighted by Gasteiger charge is -2.32. The van der Waals surface area contributed by atoms with Crippen molar-refractivity contribution in [3.05, 3.63) is 63.1 Å². The van der Waals surface area contributed by atoms with Crippen molar-refractivity contribution in [2.75, 3.05) is 14.1 Å². The number of fused-ring (bicyclic) bond motifs is 1. The monoisotopic (exact) mass is 349 g/mol. The van der Waals surface area contributed by atoms with Gasteiger partial charge in [0.2, 0.25) is 0 Å². The van der Waals surface area contributed by atoms with Gasteiger partial charge in [0, 0.05) is 21.7 Å². The Labute approximate surface area is 148 Å². The number of nitrogens with zero attached hydrogens (tertiary/aromatic N) is 1. The Kier molecular flexibility index (Phi) is 5.15. The van der Waals surface area contributed by atoms with E-state index in [1.807, 2.05) is 36.4 Å². The SMILES string of the molecule is CN(C)C1CCCc2c(OCc3ccc(Cl)cc3)ccc(Cl)c21. The summed E-state index contributed by atoms with van der Waals surface area (Å²) in [6.45, 7) is 0.540. The zero-order valence-corrected chi connectivity index (χ0v) is 15.0. The van der Waals surface area contributed by atoms with Gasteiger partial charge in [-0.2, -0.15) is 0 Å². The zero-order valence-electron chi connectivity index (χ0n) is 13.5. The molecule has 23 heavy (non-hydrogen) atoms. The third-order valence-electron chi connectivity index (χ3n) is 4.43. The molecule has 0 radical (unpaired) electrons. The number of hydrogen-bond donors (Lipinski definition) is 0. The Hall–Kier alpha value is -1.22. The lowest BCUT2D eigenvalue weighted by Crippen LogP contribution is -2.25. The summed E-state index contributed by atoms with van der Waals surface area (Å²) in [4.78, 5) is 2.24. The molecule has 122 valence electrons. The molecule has 0 N–H and O–H groups in total. The van der Waals surface area contributed by atoms with Crippen LogP contribution in [0.5, 0.6) is 5.75 Å². The van der Waals surface area contributed by atoms with Crippen LogP contribution in [0.4, 0.5) is 0 Å².